The van der Waals surface area contributed by atoms with Crippen LogP contribution >= 0.6 is 0 Å². The van der Waals surface area contributed by atoms with Crippen LogP contribution in [0.3, 0.4) is 0 Å². The van der Waals surface area contributed by atoms with E-state index >= 15 is 0 Å². The van der Waals surface area contributed by atoms with Gasteiger partial charge in [-0.2, -0.15) is 4.98 Å². The molecule has 90 valence electrons. The fraction of sp³-hybridized carbons (Fsp3) is 0.455. The SMILES string of the molecule is NC1CCOCC1c1nc(-c2ccoc2)no1. The lowest BCUT2D eigenvalue weighted by Gasteiger charge is -2.25. The number of rotatable bonds is 2. The molecule has 1 aliphatic heterocycles. The number of furan rings is 1. The summed E-state index contributed by atoms with van der Waals surface area (Å²) < 4.78 is 15.6. The monoisotopic (exact) mass is 235 g/mol. The van der Waals surface area contributed by atoms with Crippen LogP contribution < -0.4 is 5.73 Å². The molecule has 6 heteroatoms. The fourth-order valence-electron chi connectivity index (χ4n) is 1.90. The smallest absolute Gasteiger partial charge is 0.233 e. The first-order chi connectivity index (χ1) is 8.34. The van der Waals surface area contributed by atoms with Crippen molar-refractivity contribution in [3.63, 3.8) is 0 Å². The zero-order chi connectivity index (χ0) is 11.7. The minimum Gasteiger partial charge on any atom is -0.472 e. The van der Waals surface area contributed by atoms with Crippen LogP contribution in [0.15, 0.2) is 27.5 Å². The van der Waals surface area contributed by atoms with Gasteiger partial charge in [-0.25, -0.2) is 0 Å². The molecule has 0 spiro atoms. The number of nitrogens with zero attached hydrogens (tertiary/aromatic N) is 2. The van der Waals surface area contributed by atoms with Crippen LogP contribution in [-0.2, 0) is 4.74 Å². The molecular weight excluding hydrogens is 222 g/mol. The summed E-state index contributed by atoms with van der Waals surface area (Å²) in [5.74, 6) is 1.04. The molecular formula is C11H13N3O3. The van der Waals surface area contributed by atoms with Crippen LogP contribution in [0.2, 0.25) is 0 Å². The van der Waals surface area contributed by atoms with Crippen LogP contribution in [0.5, 0.6) is 0 Å². The van der Waals surface area contributed by atoms with Crippen molar-refractivity contribution in [2.75, 3.05) is 13.2 Å². The molecule has 3 heterocycles. The quantitative estimate of drug-likeness (QED) is 0.840. The van der Waals surface area contributed by atoms with E-state index in [1.807, 2.05) is 0 Å². The molecule has 2 atom stereocenters. The van der Waals surface area contributed by atoms with Crippen molar-refractivity contribution in [2.45, 2.75) is 18.4 Å². The van der Waals surface area contributed by atoms with Gasteiger partial charge in [0.1, 0.15) is 6.26 Å². The summed E-state index contributed by atoms with van der Waals surface area (Å²) in [6, 6.07) is 1.80. The number of aromatic nitrogens is 2. The molecule has 6 nitrogen and oxygen atoms in total. The van der Waals surface area contributed by atoms with Crippen molar-refractivity contribution in [3.05, 3.63) is 24.5 Å². The Hall–Kier alpha value is -1.66. The van der Waals surface area contributed by atoms with Crippen molar-refractivity contribution < 1.29 is 13.7 Å². The van der Waals surface area contributed by atoms with Crippen molar-refractivity contribution in [3.8, 4) is 11.4 Å². The van der Waals surface area contributed by atoms with Crippen molar-refractivity contribution >= 4 is 0 Å². The Morgan fingerprint density at radius 1 is 1.41 bits per heavy atom. The number of ether oxygens (including phenoxy) is 1. The van der Waals surface area contributed by atoms with Gasteiger partial charge in [-0.05, 0) is 12.5 Å². The van der Waals surface area contributed by atoms with E-state index in [1.165, 1.54) is 0 Å². The largest absolute Gasteiger partial charge is 0.472 e. The van der Waals surface area contributed by atoms with Gasteiger partial charge in [-0.1, -0.05) is 5.16 Å². The summed E-state index contributed by atoms with van der Waals surface area (Å²) in [7, 11) is 0. The lowest BCUT2D eigenvalue weighted by molar-refractivity contribution is 0.0590. The van der Waals surface area contributed by atoms with E-state index in [-0.39, 0.29) is 12.0 Å². The van der Waals surface area contributed by atoms with E-state index in [1.54, 1.807) is 18.6 Å². The predicted octanol–water partition coefficient (Wildman–Crippen LogP) is 1.16. The van der Waals surface area contributed by atoms with E-state index in [2.05, 4.69) is 10.1 Å². The summed E-state index contributed by atoms with van der Waals surface area (Å²) in [5.41, 5.74) is 6.81. The maximum Gasteiger partial charge on any atom is 0.233 e. The first-order valence-electron chi connectivity index (χ1n) is 5.54. The first kappa shape index (κ1) is 10.5. The maximum absolute atomic E-state index is 6.01. The lowest BCUT2D eigenvalue weighted by atomic mass is 9.97. The number of hydrogen-bond donors (Lipinski definition) is 1. The van der Waals surface area contributed by atoms with Gasteiger partial charge < -0.3 is 19.4 Å². The molecule has 1 saturated heterocycles. The average Bonchev–Trinajstić information content (AvgIpc) is 3.00. The zero-order valence-electron chi connectivity index (χ0n) is 9.20. The van der Waals surface area contributed by atoms with Gasteiger partial charge in [0.25, 0.3) is 0 Å². The van der Waals surface area contributed by atoms with Crippen LogP contribution in [0.25, 0.3) is 11.4 Å². The Morgan fingerprint density at radius 2 is 2.35 bits per heavy atom. The zero-order valence-corrected chi connectivity index (χ0v) is 9.20. The van der Waals surface area contributed by atoms with Gasteiger partial charge in [0.15, 0.2) is 0 Å². The Morgan fingerprint density at radius 3 is 3.12 bits per heavy atom. The first-order valence-corrected chi connectivity index (χ1v) is 5.54. The number of hydrogen-bond acceptors (Lipinski definition) is 6. The summed E-state index contributed by atoms with van der Waals surface area (Å²) in [6.45, 7) is 1.23. The molecule has 0 amide bonds. The van der Waals surface area contributed by atoms with Crippen LogP contribution in [0.4, 0.5) is 0 Å². The summed E-state index contributed by atoms with van der Waals surface area (Å²) in [6.07, 6.45) is 3.96. The molecule has 3 rings (SSSR count). The van der Waals surface area contributed by atoms with Crippen molar-refractivity contribution in [1.82, 2.24) is 10.1 Å². The molecule has 17 heavy (non-hydrogen) atoms. The van der Waals surface area contributed by atoms with Crippen molar-refractivity contribution in [1.29, 1.82) is 0 Å². The second-order valence-electron chi connectivity index (χ2n) is 4.10. The van der Waals surface area contributed by atoms with Gasteiger partial charge in [0, 0.05) is 12.6 Å². The Labute approximate surface area is 97.7 Å². The lowest BCUT2D eigenvalue weighted by Crippen LogP contribution is -2.37. The standard InChI is InChI=1S/C11H13N3O3/c12-9-2-4-16-6-8(9)11-13-10(14-17-11)7-1-3-15-5-7/h1,3,5,8-9H,2,4,6,12H2. The normalized spacial score (nSPS) is 25.0. The summed E-state index contributed by atoms with van der Waals surface area (Å²) >= 11 is 0. The third kappa shape index (κ3) is 1.96. The second-order valence-corrected chi connectivity index (χ2v) is 4.10. The van der Waals surface area contributed by atoms with Crippen molar-refractivity contribution in [2.24, 2.45) is 5.73 Å². The molecule has 2 N–H and O–H groups in total. The van der Waals surface area contributed by atoms with Crippen LogP contribution in [0, 0.1) is 0 Å². The minimum atomic E-state index is -0.0168. The Kier molecular flexibility index (Phi) is 2.66. The number of nitrogens with two attached hydrogens (primary N) is 1. The minimum absolute atomic E-state index is 0.0152. The maximum atomic E-state index is 6.01. The van der Waals surface area contributed by atoms with E-state index in [0.29, 0.717) is 24.9 Å². The van der Waals surface area contributed by atoms with Gasteiger partial charge in [0.2, 0.25) is 11.7 Å². The van der Waals surface area contributed by atoms with Gasteiger partial charge in [-0.3, -0.25) is 0 Å². The van der Waals surface area contributed by atoms with E-state index in [4.69, 9.17) is 19.4 Å². The Balaban J connectivity index is 1.84. The highest BCUT2D eigenvalue weighted by Gasteiger charge is 2.29. The van der Waals surface area contributed by atoms with E-state index in [0.717, 1.165) is 12.0 Å². The molecule has 0 aromatic carbocycles. The average molecular weight is 235 g/mol. The molecule has 2 aromatic heterocycles. The van der Waals surface area contributed by atoms with E-state index in [9.17, 15) is 0 Å². The predicted molar refractivity (Wildman–Crippen MR) is 58.2 cm³/mol. The Bertz CT molecular complexity index is 480. The topological polar surface area (TPSA) is 87.3 Å². The third-order valence-electron chi connectivity index (χ3n) is 2.95. The molecule has 2 unspecified atom stereocenters. The molecule has 0 aliphatic carbocycles. The van der Waals surface area contributed by atoms with Gasteiger partial charge >= 0.3 is 0 Å². The van der Waals surface area contributed by atoms with Crippen LogP contribution in [0.1, 0.15) is 18.2 Å². The van der Waals surface area contributed by atoms with Gasteiger partial charge in [-0.15, -0.1) is 0 Å². The fourth-order valence-corrected chi connectivity index (χ4v) is 1.90. The van der Waals surface area contributed by atoms with Gasteiger partial charge in [0.05, 0.1) is 24.4 Å². The molecule has 0 bridgehead atoms. The van der Waals surface area contributed by atoms with Crippen LogP contribution in [-0.4, -0.2) is 29.4 Å². The molecule has 0 radical (unpaired) electrons. The molecule has 0 saturated carbocycles. The molecule has 2 aromatic rings. The highest BCUT2D eigenvalue weighted by Crippen LogP contribution is 2.25. The highest BCUT2D eigenvalue weighted by molar-refractivity contribution is 5.51. The highest BCUT2D eigenvalue weighted by atomic mass is 16.5. The van der Waals surface area contributed by atoms with E-state index < -0.39 is 0 Å². The molecule has 1 fully saturated rings. The third-order valence-corrected chi connectivity index (χ3v) is 2.95. The molecule has 1 aliphatic rings. The summed E-state index contributed by atoms with van der Waals surface area (Å²) in [4.78, 5) is 4.33. The summed E-state index contributed by atoms with van der Waals surface area (Å²) in [5, 5.41) is 3.91. The second kappa shape index (κ2) is 4.31.